The molecule has 0 saturated carbocycles. The molecule has 0 radical (unpaired) electrons. The van der Waals surface area contributed by atoms with Gasteiger partial charge in [-0.1, -0.05) is 23.7 Å². The van der Waals surface area contributed by atoms with Crippen LogP contribution < -0.4 is 14.8 Å². The number of nitrogens with zero attached hydrogens (tertiary/aromatic N) is 1. The molecule has 2 aromatic rings. The first-order valence-corrected chi connectivity index (χ1v) is 6.70. The lowest BCUT2D eigenvalue weighted by Crippen LogP contribution is -2.02. The number of hydrogen-bond donors (Lipinski definition) is 1. The molecule has 0 unspecified atom stereocenters. The average Bonchev–Trinajstić information content (AvgIpc) is 2.53. The fourth-order valence-electron chi connectivity index (χ4n) is 1.89. The zero-order valence-electron chi connectivity index (χ0n) is 11.8. The molecule has 0 heterocycles. The highest BCUT2D eigenvalue weighted by atomic mass is 35.5. The highest BCUT2D eigenvalue weighted by Crippen LogP contribution is 2.36. The molecule has 0 atom stereocenters. The van der Waals surface area contributed by atoms with Crippen LogP contribution in [0.3, 0.4) is 0 Å². The van der Waals surface area contributed by atoms with Crippen LogP contribution in [-0.2, 0) is 6.54 Å². The summed E-state index contributed by atoms with van der Waals surface area (Å²) in [7, 11) is 3.15. The Labute approximate surface area is 128 Å². The first kappa shape index (κ1) is 15.0. The van der Waals surface area contributed by atoms with Gasteiger partial charge in [0, 0.05) is 12.6 Å². The molecule has 2 aromatic carbocycles. The summed E-state index contributed by atoms with van der Waals surface area (Å²) in [5.74, 6) is 1.22. The maximum atomic E-state index is 8.78. The molecule has 4 nitrogen and oxygen atoms in total. The van der Waals surface area contributed by atoms with Crippen molar-refractivity contribution in [2.75, 3.05) is 19.5 Å². The normalized spacial score (nSPS) is 9.81. The van der Waals surface area contributed by atoms with Gasteiger partial charge >= 0.3 is 0 Å². The lowest BCUT2D eigenvalue weighted by atomic mass is 10.1. The lowest BCUT2D eigenvalue weighted by Gasteiger charge is -2.14. The minimum Gasteiger partial charge on any atom is -0.495 e. The molecule has 0 aliphatic carbocycles. The van der Waals surface area contributed by atoms with E-state index < -0.39 is 0 Å². The monoisotopic (exact) mass is 302 g/mol. The third kappa shape index (κ3) is 3.59. The van der Waals surface area contributed by atoms with Crippen LogP contribution in [0, 0.1) is 11.3 Å². The van der Waals surface area contributed by atoms with Crippen molar-refractivity contribution < 1.29 is 9.47 Å². The number of ether oxygens (including phenoxy) is 2. The highest BCUT2D eigenvalue weighted by molar-refractivity contribution is 6.32. The van der Waals surface area contributed by atoms with Gasteiger partial charge in [-0.25, -0.2) is 0 Å². The number of anilines is 1. The van der Waals surface area contributed by atoms with Crippen molar-refractivity contribution in [2.45, 2.75) is 6.54 Å². The number of halogens is 1. The Kier molecular flexibility index (Phi) is 4.91. The maximum Gasteiger partial charge on any atom is 0.145 e. The molecular formula is C16H15ClN2O2. The summed E-state index contributed by atoms with van der Waals surface area (Å²) in [5.41, 5.74) is 2.49. The van der Waals surface area contributed by atoms with Gasteiger partial charge in [0.15, 0.2) is 0 Å². The molecule has 0 aromatic heterocycles. The second-order valence-electron chi connectivity index (χ2n) is 4.35. The molecule has 2 rings (SSSR count). The topological polar surface area (TPSA) is 54.3 Å². The summed E-state index contributed by atoms with van der Waals surface area (Å²) in [6.07, 6.45) is 0. The van der Waals surface area contributed by atoms with Crippen molar-refractivity contribution in [3.63, 3.8) is 0 Å². The second kappa shape index (κ2) is 6.87. The number of rotatable bonds is 5. The van der Waals surface area contributed by atoms with E-state index in [4.69, 9.17) is 26.3 Å². The summed E-state index contributed by atoms with van der Waals surface area (Å²) < 4.78 is 10.5. The van der Waals surface area contributed by atoms with Crippen molar-refractivity contribution in [3.05, 3.63) is 52.5 Å². The van der Waals surface area contributed by atoms with Crippen LogP contribution in [0.1, 0.15) is 11.1 Å². The van der Waals surface area contributed by atoms with E-state index in [9.17, 15) is 0 Å². The van der Waals surface area contributed by atoms with Crippen LogP contribution in [0.4, 0.5) is 5.69 Å². The van der Waals surface area contributed by atoms with Gasteiger partial charge in [-0.3, -0.25) is 0 Å². The maximum absolute atomic E-state index is 8.78. The van der Waals surface area contributed by atoms with Crippen molar-refractivity contribution in [2.24, 2.45) is 0 Å². The van der Waals surface area contributed by atoms with Gasteiger partial charge in [0.25, 0.3) is 0 Å². The molecule has 5 heteroatoms. The SMILES string of the molecule is COc1cc(OC)c(NCc2ccc(C#N)cc2)cc1Cl. The van der Waals surface area contributed by atoms with Crippen LogP contribution in [-0.4, -0.2) is 14.2 Å². The molecule has 0 aliphatic heterocycles. The lowest BCUT2D eigenvalue weighted by molar-refractivity contribution is 0.395. The largest absolute Gasteiger partial charge is 0.495 e. The zero-order chi connectivity index (χ0) is 15.2. The quantitative estimate of drug-likeness (QED) is 0.911. The van der Waals surface area contributed by atoms with E-state index in [1.807, 2.05) is 12.1 Å². The minimum absolute atomic E-state index is 0.514. The number of nitrogens with one attached hydrogen (secondary N) is 1. The Morgan fingerprint density at radius 2 is 1.76 bits per heavy atom. The Balaban J connectivity index is 2.15. The summed E-state index contributed by atoms with van der Waals surface area (Å²) in [5, 5.41) is 12.6. The molecule has 0 bridgehead atoms. The summed E-state index contributed by atoms with van der Waals surface area (Å²) >= 11 is 6.12. The third-order valence-electron chi connectivity index (χ3n) is 3.04. The second-order valence-corrected chi connectivity index (χ2v) is 4.76. The van der Waals surface area contributed by atoms with Crippen molar-refractivity contribution in [3.8, 4) is 17.6 Å². The van der Waals surface area contributed by atoms with Crippen LogP contribution in [0.5, 0.6) is 11.5 Å². The molecule has 0 spiro atoms. The zero-order valence-corrected chi connectivity index (χ0v) is 12.6. The Morgan fingerprint density at radius 3 is 2.33 bits per heavy atom. The summed E-state index contributed by atoms with van der Waals surface area (Å²) in [6.45, 7) is 0.602. The Bertz CT molecular complexity index is 663. The fraction of sp³-hybridized carbons (Fsp3) is 0.188. The van der Waals surface area contributed by atoms with E-state index in [1.165, 1.54) is 0 Å². The smallest absolute Gasteiger partial charge is 0.145 e. The van der Waals surface area contributed by atoms with Gasteiger partial charge in [-0.05, 0) is 23.8 Å². The summed E-state index contributed by atoms with van der Waals surface area (Å²) in [4.78, 5) is 0. The van der Waals surface area contributed by atoms with E-state index in [0.29, 0.717) is 28.6 Å². The van der Waals surface area contributed by atoms with Gasteiger partial charge in [0.1, 0.15) is 11.5 Å². The highest BCUT2D eigenvalue weighted by Gasteiger charge is 2.09. The molecule has 0 amide bonds. The van der Waals surface area contributed by atoms with Gasteiger partial charge in [-0.2, -0.15) is 5.26 Å². The Morgan fingerprint density at radius 1 is 1.10 bits per heavy atom. The molecule has 0 fully saturated rings. The minimum atomic E-state index is 0.514. The number of methoxy groups -OCH3 is 2. The van der Waals surface area contributed by atoms with Gasteiger partial charge in [0.05, 0.1) is 36.6 Å². The Hall–Kier alpha value is -2.38. The van der Waals surface area contributed by atoms with Crippen molar-refractivity contribution in [1.29, 1.82) is 5.26 Å². The van der Waals surface area contributed by atoms with Crippen LogP contribution in [0.15, 0.2) is 36.4 Å². The van der Waals surface area contributed by atoms with E-state index in [2.05, 4.69) is 11.4 Å². The number of benzene rings is 2. The summed E-state index contributed by atoms with van der Waals surface area (Å²) in [6, 6.07) is 13.0. The van der Waals surface area contributed by atoms with Gasteiger partial charge in [-0.15, -0.1) is 0 Å². The third-order valence-corrected chi connectivity index (χ3v) is 3.34. The van der Waals surface area contributed by atoms with Gasteiger partial charge < -0.3 is 14.8 Å². The fourth-order valence-corrected chi connectivity index (χ4v) is 2.13. The first-order valence-electron chi connectivity index (χ1n) is 6.32. The van der Waals surface area contributed by atoms with E-state index in [0.717, 1.165) is 11.3 Å². The molecule has 0 aliphatic rings. The van der Waals surface area contributed by atoms with E-state index in [-0.39, 0.29) is 0 Å². The van der Waals surface area contributed by atoms with Crippen molar-refractivity contribution in [1.82, 2.24) is 0 Å². The molecular weight excluding hydrogens is 288 g/mol. The molecule has 108 valence electrons. The van der Waals surface area contributed by atoms with Crippen LogP contribution in [0.25, 0.3) is 0 Å². The predicted molar refractivity (Wildman–Crippen MR) is 83.0 cm³/mol. The number of hydrogen-bond acceptors (Lipinski definition) is 4. The average molecular weight is 303 g/mol. The van der Waals surface area contributed by atoms with E-state index in [1.54, 1.807) is 38.5 Å². The number of nitriles is 1. The first-order chi connectivity index (χ1) is 10.2. The molecule has 21 heavy (non-hydrogen) atoms. The standard InChI is InChI=1S/C16H15ClN2O2/c1-20-15-8-16(21-2)14(7-13(15)17)19-10-12-5-3-11(9-18)4-6-12/h3-8,19H,10H2,1-2H3. The predicted octanol–water partition coefficient (Wildman–Crippen LogP) is 3.84. The van der Waals surface area contributed by atoms with Crippen LogP contribution >= 0.6 is 11.6 Å². The van der Waals surface area contributed by atoms with Crippen molar-refractivity contribution >= 4 is 17.3 Å². The van der Waals surface area contributed by atoms with Crippen LogP contribution in [0.2, 0.25) is 5.02 Å². The van der Waals surface area contributed by atoms with E-state index >= 15 is 0 Å². The molecule has 0 saturated heterocycles. The van der Waals surface area contributed by atoms with Gasteiger partial charge in [0.2, 0.25) is 0 Å². The molecule has 1 N–H and O–H groups in total.